The summed E-state index contributed by atoms with van der Waals surface area (Å²) in [5.41, 5.74) is 1.17. The summed E-state index contributed by atoms with van der Waals surface area (Å²) < 4.78 is 19.5. The van der Waals surface area contributed by atoms with Crippen LogP contribution in [0, 0.1) is 5.82 Å². The summed E-state index contributed by atoms with van der Waals surface area (Å²) in [6, 6.07) is 5.13. The third kappa shape index (κ3) is 3.37. The van der Waals surface area contributed by atoms with E-state index in [-0.39, 0.29) is 24.5 Å². The van der Waals surface area contributed by atoms with E-state index in [4.69, 9.17) is 4.98 Å². The lowest BCUT2D eigenvalue weighted by molar-refractivity contribution is -0.117. The molecule has 2 aromatic heterocycles. The predicted octanol–water partition coefficient (Wildman–Crippen LogP) is 2.38. The van der Waals surface area contributed by atoms with Crippen molar-refractivity contribution >= 4 is 29.2 Å². The van der Waals surface area contributed by atoms with Gasteiger partial charge in [0.05, 0.1) is 11.7 Å². The lowest BCUT2D eigenvalue weighted by Crippen LogP contribution is -2.42. The molecule has 2 aliphatic heterocycles. The number of hydrogen-bond donors (Lipinski definition) is 1. The number of hydrogen-bond acceptors (Lipinski definition) is 7. The molecule has 3 aromatic rings. The molecule has 1 aromatic carbocycles. The lowest BCUT2D eigenvalue weighted by Gasteiger charge is -2.36. The standard InChI is InChI=1S/C21H21FN6O3S/c1-12-17-18(27-8-2-3-16(27)30)24-19(20-23-15(11-29)25-32-20)28(17)10-9-26(12)21(31)13-4-6-14(22)7-5-13/h4-7,12,29H,2-3,8-11H2,1H3. The van der Waals surface area contributed by atoms with Gasteiger partial charge in [-0.25, -0.2) is 14.4 Å². The number of anilines is 1. The number of carbonyl (C=O) groups is 2. The van der Waals surface area contributed by atoms with E-state index in [1.54, 1.807) is 9.80 Å². The average molecular weight is 457 g/mol. The van der Waals surface area contributed by atoms with Crippen molar-refractivity contribution in [3.63, 3.8) is 0 Å². The van der Waals surface area contributed by atoms with Gasteiger partial charge in [-0.15, -0.1) is 0 Å². The molecule has 0 saturated carbocycles. The second-order valence-corrected chi connectivity index (χ2v) is 8.55. The Morgan fingerprint density at radius 3 is 2.66 bits per heavy atom. The maximum absolute atomic E-state index is 13.3. The van der Waals surface area contributed by atoms with Gasteiger partial charge >= 0.3 is 0 Å². The third-order valence-corrected chi connectivity index (χ3v) is 6.65. The molecule has 0 aliphatic carbocycles. The fourth-order valence-corrected chi connectivity index (χ4v) is 4.99. The summed E-state index contributed by atoms with van der Waals surface area (Å²) in [5, 5.41) is 9.90. The van der Waals surface area contributed by atoms with Crippen LogP contribution in [0.3, 0.4) is 0 Å². The average Bonchev–Trinajstić information content (AvgIpc) is 3.52. The van der Waals surface area contributed by atoms with Crippen LogP contribution in [-0.4, -0.2) is 53.8 Å². The fraction of sp³-hybridized carbons (Fsp3) is 0.381. The third-order valence-electron chi connectivity index (χ3n) is 5.90. The molecular weight excluding hydrogens is 435 g/mol. The minimum absolute atomic E-state index is 0.0000504. The van der Waals surface area contributed by atoms with Gasteiger partial charge < -0.3 is 14.6 Å². The molecule has 1 N–H and O–H groups in total. The Kier molecular flexibility index (Phi) is 5.22. The first kappa shape index (κ1) is 20.7. The van der Waals surface area contributed by atoms with E-state index in [1.807, 2.05) is 11.5 Å². The van der Waals surface area contributed by atoms with Crippen LogP contribution in [0.25, 0.3) is 10.8 Å². The highest BCUT2D eigenvalue weighted by molar-refractivity contribution is 7.09. The van der Waals surface area contributed by atoms with E-state index in [0.29, 0.717) is 54.1 Å². The SMILES string of the molecule is CC1c2c(N3CCCC3=O)nc(-c3nc(CO)ns3)n2CCN1C(=O)c1ccc(F)cc1. The zero-order chi connectivity index (χ0) is 22.4. The Balaban J connectivity index is 1.57. The molecule has 5 rings (SSSR count). The number of benzene rings is 1. The Labute approximate surface area is 187 Å². The predicted molar refractivity (Wildman–Crippen MR) is 114 cm³/mol. The smallest absolute Gasteiger partial charge is 0.254 e. The van der Waals surface area contributed by atoms with Crippen LogP contribution >= 0.6 is 11.5 Å². The summed E-state index contributed by atoms with van der Waals surface area (Å²) >= 11 is 1.14. The number of imidazole rings is 1. The van der Waals surface area contributed by atoms with Gasteiger partial charge in [-0.05, 0) is 49.1 Å². The highest BCUT2D eigenvalue weighted by atomic mass is 32.1. The van der Waals surface area contributed by atoms with Crippen molar-refractivity contribution in [2.24, 2.45) is 0 Å². The van der Waals surface area contributed by atoms with Gasteiger partial charge in [-0.2, -0.15) is 4.37 Å². The van der Waals surface area contributed by atoms with Crippen LogP contribution in [0.1, 0.15) is 47.7 Å². The fourth-order valence-electron chi connectivity index (χ4n) is 4.32. The molecule has 11 heteroatoms. The van der Waals surface area contributed by atoms with Crippen molar-refractivity contribution in [1.82, 2.24) is 23.8 Å². The Bertz CT molecular complexity index is 1190. The molecule has 0 radical (unpaired) electrons. The second kappa shape index (κ2) is 8.06. The van der Waals surface area contributed by atoms with Crippen LogP contribution in [0.5, 0.6) is 0 Å². The minimum atomic E-state index is -0.398. The zero-order valence-corrected chi connectivity index (χ0v) is 18.2. The Hall–Kier alpha value is -3.18. The van der Waals surface area contributed by atoms with Crippen LogP contribution < -0.4 is 4.90 Å². The summed E-state index contributed by atoms with van der Waals surface area (Å²) in [5.74, 6) is 0.826. The number of rotatable bonds is 4. The van der Waals surface area contributed by atoms with Gasteiger partial charge in [-0.3, -0.25) is 14.5 Å². The minimum Gasteiger partial charge on any atom is -0.388 e. The molecule has 1 fully saturated rings. The number of halogens is 1. The monoisotopic (exact) mass is 456 g/mol. The number of fused-ring (bicyclic) bond motifs is 1. The van der Waals surface area contributed by atoms with E-state index in [2.05, 4.69) is 9.36 Å². The molecule has 2 amide bonds. The molecule has 0 spiro atoms. The number of aromatic nitrogens is 4. The highest BCUT2D eigenvalue weighted by Gasteiger charge is 2.38. The van der Waals surface area contributed by atoms with Gasteiger partial charge in [0, 0.05) is 31.6 Å². The number of nitrogens with zero attached hydrogens (tertiary/aromatic N) is 6. The van der Waals surface area contributed by atoms with Crippen molar-refractivity contribution in [3.8, 4) is 10.8 Å². The molecular formula is C21H21FN6O3S. The molecule has 4 heterocycles. The molecule has 166 valence electrons. The lowest BCUT2D eigenvalue weighted by atomic mass is 10.1. The summed E-state index contributed by atoms with van der Waals surface area (Å²) in [6.07, 6.45) is 1.21. The molecule has 1 unspecified atom stereocenters. The molecule has 2 aliphatic rings. The van der Waals surface area contributed by atoms with E-state index in [9.17, 15) is 19.1 Å². The van der Waals surface area contributed by atoms with Crippen molar-refractivity contribution in [2.75, 3.05) is 18.0 Å². The van der Waals surface area contributed by atoms with Crippen LogP contribution in [0.4, 0.5) is 10.2 Å². The van der Waals surface area contributed by atoms with E-state index >= 15 is 0 Å². The molecule has 9 nitrogen and oxygen atoms in total. The van der Waals surface area contributed by atoms with Crippen molar-refractivity contribution < 1.29 is 19.1 Å². The van der Waals surface area contributed by atoms with E-state index < -0.39 is 5.82 Å². The first-order chi connectivity index (χ1) is 15.5. The van der Waals surface area contributed by atoms with Gasteiger partial charge in [-0.1, -0.05) is 0 Å². The second-order valence-electron chi connectivity index (χ2n) is 7.80. The quantitative estimate of drug-likeness (QED) is 0.646. The van der Waals surface area contributed by atoms with Crippen LogP contribution in [0.15, 0.2) is 24.3 Å². The van der Waals surface area contributed by atoms with Gasteiger partial charge in [0.2, 0.25) is 5.91 Å². The normalized spacial score (nSPS) is 18.3. The Morgan fingerprint density at radius 2 is 2.00 bits per heavy atom. The largest absolute Gasteiger partial charge is 0.388 e. The Morgan fingerprint density at radius 1 is 1.22 bits per heavy atom. The van der Waals surface area contributed by atoms with Crippen molar-refractivity contribution in [1.29, 1.82) is 0 Å². The number of carbonyl (C=O) groups excluding carboxylic acids is 2. The highest BCUT2D eigenvalue weighted by Crippen LogP contribution is 2.39. The van der Waals surface area contributed by atoms with Gasteiger partial charge in [0.1, 0.15) is 12.4 Å². The van der Waals surface area contributed by atoms with E-state index in [0.717, 1.165) is 23.6 Å². The summed E-state index contributed by atoms with van der Waals surface area (Å²) in [4.78, 5) is 38.3. The summed E-state index contributed by atoms with van der Waals surface area (Å²) in [6.45, 7) is 3.09. The number of aliphatic hydroxyl groups is 1. The van der Waals surface area contributed by atoms with Crippen molar-refractivity contribution in [2.45, 2.75) is 39.0 Å². The topological polar surface area (TPSA) is 104 Å². The van der Waals surface area contributed by atoms with Crippen LogP contribution in [0.2, 0.25) is 0 Å². The van der Waals surface area contributed by atoms with E-state index in [1.165, 1.54) is 24.3 Å². The maximum Gasteiger partial charge on any atom is 0.254 e. The van der Waals surface area contributed by atoms with Gasteiger partial charge in [0.15, 0.2) is 22.5 Å². The zero-order valence-electron chi connectivity index (χ0n) is 17.4. The number of amides is 2. The molecule has 1 atom stereocenters. The first-order valence-electron chi connectivity index (χ1n) is 10.4. The summed E-state index contributed by atoms with van der Waals surface area (Å²) in [7, 11) is 0. The van der Waals surface area contributed by atoms with Gasteiger partial charge in [0.25, 0.3) is 5.91 Å². The number of aliphatic hydroxyl groups excluding tert-OH is 1. The van der Waals surface area contributed by atoms with Crippen LogP contribution in [-0.2, 0) is 17.9 Å². The maximum atomic E-state index is 13.3. The molecule has 1 saturated heterocycles. The first-order valence-corrected chi connectivity index (χ1v) is 11.2. The molecule has 32 heavy (non-hydrogen) atoms. The molecule has 0 bridgehead atoms. The van der Waals surface area contributed by atoms with Crippen molar-refractivity contribution in [3.05, 3.63) is 47.2 Å².